The van der Waals surface area contributed by atoms with E-state index in [2.05, 4.69) is 34.7 Å². The molecule has 1 amide bonds. The first-order chi connectivity index (χ1) is 13.2. The Labute approximate surface area is 169 Å². The summed E-state index contributed by atoms with van der Waals surface area (Å²) in [4.78, 5) is 21.7. The normalized spacial score (nSPS) is 20.6. The number of para-hydroxylation sites is 2. The van der Waals surface area contributed by atoms with Crippen LogP contribution in [-0.2, 0) is 11.8 Å². The van der Waals surface area contributed by atoms with Crippen LogP contribution in [0.3, 0.4) is 0 Å². The standard InChI is InChI=1S/C20H28N4OS2/c1-22-18-8-4-3-7-17(18)21-20(22)24-13-11-23(12-14-24)19(25)9-5-2-6-16-10-15-26-27-16/h3-4,7-8,16H,2,5-6,9-15H2,1H3/t16-/m1/s1. The first kappa shape index (κ1) is 19.0. The Morgan fingerprint density at radius 2 is 2.00 bits per heavy atom. The van der Waals surface area contributed by atoms with Gasteiger partial charge in [0.25, 0.3) is 0 Å². The maximum absolute atomic E-state index is 12.5. The number of aromatic nitrogens is 2. The number of amides is 1. The molecule has 0 bridgehead atoms. The van der Waals surface area contributed by atoms with Gasteiger partial charge in [0.1, 0.15) is 0 Å². The number of carbonyl (C=O) groups excluding carboxylic acids is 1. The van der Waals surface area contributed by atoms with E-state index >= 15 is 0 Å². The summed E-state index contributed by atoms with van der Waals surface area (Å²) in [6.45, 7) is 3.33. The number of anilines is 1. The Bertz CT molecular complexity index is 779. The van der Waals surface area contributed by atoms with Crippen molar-refractivity contribution < 1.29 is 4.79 Å². The molecule has 2 fully saturated rings. The maximum Gasteiger partial charge on any atom is 0.222 e. The number of benzene rings is 1. The number of rotatable bonds is 6. The molecular formula is C20H28N4OS2. The molecule has 0 aliphatic carbocycles. The van der Waals surface area contributed by atoms with Crippen LogP contribution in [0.1, 0.15) is 32.1 Å². The van der Waals surface area contributed by atoms with Crippen molar-refractivity contribution in [3.05, 3.63) is 24.3 Å². The van der Waals surface area contributed by atoms with Crippen molar-refractivity contribution in [1.29, 1.82) is 0 Å². The molecular weight excluding hydrogens is 376 g/mol. The molecule has 3 heterocycles. The summed E-state index contributed by atoms with van der Waals surface area (Å²) >= 11 is 0. The summed E-state index contributed by atoms with van der Waals surface area (Å²) in [6, 6.07) is 8.24. The molecule has 2 aliphatic heterocycles. The highest BCUT2D eigenvalue weighted by molar-refractivity contribution is 8.77. The van der Waals surface area contributed by atoms with Gasteiger partial charge in [-0.1, -0.05) is 40.1 Å². The van der Waals surface area contributed by atoms with Gasteiger partial charge in [0, 0.05) is 50.7 Å². The van der Waals surface area contributed by atoms with Gasteiger partial charge < -0.3 is 14.4 Å². The van der Waals surface area contributed by atoms with Gasteiger partial charge in [-0.05, 0) is 31.4 Å². The number of hydrogen-bond donors (Lipinski definition) is 0. The summed E-state index contributed by atoms with van der Waals surface area (Å²) in [7, 11) is 6.11. The lowest BCUT2D eigenvalue weighted by Crippen LogP contribution is -2.49. The molecule has 1 aromatic heterocycles. The Balaban J connectivity index is 1.24. The number of imidazole rings is 1. The molecule has 0 saturated carbocycles. The molecule has 2 aliphatic rings. The van der Waals surface area contributed by atoms with Crippen molar-refractivity contribution in [2.75, 3.05) is 36.8 Å². The largest absolute Gasteiger partial charge is 0.339 e. The summed E-state index contributed by atoms with van der Waals surface area (Å²) in [5.41, 5.74) is 2.19. The van der Waals surface area contributed by atoms with Crippen molar-refractivity contribution in [1.82, 2.24) is 14.5 Å². The topological polar surface area (TPSA) is 41.4 Å². The fourth-order valence-corrected chi connectivity index (χ4v) is 6.97. The lowest BCUT2D eigenvalue weighted by Gasteiger charge is -2.35. The molecule has 0 unspecified atom stereocenters. The van der Waals surface area contributed by atoms with Gasteiger partial charge in [0.2, 0.25) is 11.9 Å². The lowest BCUT2D eigenvalue weighted by molar-refractivity contribution is -0.131. The van der Waals surface area contributed by atoms with Crippen molar-refractivity contribution in [2.24, 2.45) is 7.05 Å². The molecule has 2 aromatic rings. The highest BCUT2D eigenvalue weighted by Crippen LogP contribution is 2.39. The van der Waals surface area contributed by atoms with E-state index in [-0.39, 0.29) is 0 Å². The number of fused-ring (bicyclic) bond motifs is 1. The van der Waals surface area contributed by atoms with Crippen LogP contribution in [0.15, 0.2) is 24.3 Å². The van der Waals surface area contributed by atoms with Crippen LogP contribution in [0, 0.1) is 0 Å². The van der Waals surface area contributed by atoms with E-state index in [0.29, 0.717) is 12.3 Å². The Kier molecular flexibility index (Phi) is 6.18. The van der Waals surface area contributed by atoms with E-state index in [1.807, 2.05) is 32.6 Å². The molecule has 1 atom stereocenters. The van der Waals surface area contributed by atoms with Crippen molar-refractivity contribution in [2.45, 2.75) is 37.4 Å². The fraction of sp³-hybridized carbons (Fsp3) is 0.600. The second-order valence-electron chi connectivity index (χ2n) is 7.40. The summed E-state index contributed by atoms with van der Waals surface area (Å²) in [6.07, 6.45) is 5.53. The number of hydrogen-bond acceptors (Lipinski definition) is 5. The van der Waals surface area contributed by atoms with Crippen LogP contribution < -0.4 is 4.90 Å². The highest BCUT2D eigenvalue weighted by Gasteiger charge is 2.24. The summed E-state index contributed by atoms with van der Waals surface area (Å²) in [5.74, 6) is 2.63. The third kappa shape index (κ3) is 4.40. The Hall–Kier alpha value is -1.34. The number of unbranched alkanes of at least 4 members (excludes halogenated alkanes) is 1. The van der Waals surface area contributed by atoms with Crippen LogP contribution in [0.2, 0.25) is 0 Å². The molecule has 146 valence electrons. The average Bonchev–Trinajstić information content (AvgIpc) is 3.34. The number of piperazine rings is 1. The SMILES string of the molecule is Cn1c(N2CCN(C(=O)CCCC[C@@H]3CCSS3)CC2)nc2ccccc21. The smallest absolute Gasteiger partial charge is 0.222 e. The van der Waals surface area contributed by atoms with E-state index in [9.17, 15) is 4.79 Å². The minimum atomic E-state index is 0.327. The molecule has 0 N–H and O–H groups in total. The van der Waals surface area contributed by atoms with Gasteiger partial charge in [-0.2, -0.15) is 0 Å². The van der Waals surface area contributed by atoms with Gasteiger partial charge in [-0.3, -0.25) is 4.79 Å². The third-order valence-electron chi connectivity index (χ3n) is 5.57. The molecule has 5 nitrogen and oxygen atoms in total. The monoisotopic (exact) mass is 404 g/mol. The molecule has 0 spiro atoms. The van der Waals surface area contributed by atoms with Crippen molar-refractivity contribution in [3.63, 3.8) is 0 Å². The molecule has 2 saturated heterocycles. The second-order valence-corrected chi connectivity index (χ2v) is 10.2. The van der Waals surface area contributed by atoms with E-state index in [0.717, 1.165) is 54.8 Å². The number of carbonyl (C=O) groups is 1. The second kappa shape index (κ2) is 8.78. The van der Waals surface area contributed by atoms with E-state index < -0.39 is 0 Å². The number of nitrogens with zero attached hydrogens (tertiary/aromatic N) is 4. The van der Waals surface area contributed by atoms with Crippen LogP contribution >= 0.6 is 21.6 Å². The van der Waals surface area contributed by atoms with Gasteiger partial charge in [0.15, 0.2) is 0 Å². The predicted molar refractivity (Wildman–Crippen MR) is 116 cm³/mol. The summed E-state index contributed by atoms with van der Waals surface area (Å²) < 4.78 is 2.16. The fourth-order valence-electron chi connectivity index (χ4n) is 3.94. The van der Waals surface area contributed by atoms with E-state index in [1.165, 1.54) is 25.0 Å². The minimum Gasteiger partial charge on any atom is -0.339 e. The van der Waals surface area contributed by atoms with Gasteiger partial charge >= 0.3 is 0 Å². The molecule has 1 aromatic carbocycles. The van der Waals surface area contributed by atoms with Gasteiger partial charge in [-0.15, -0.1) is 0 Å². The first-order valence-electron chi connectivity index (χ1n) is 9.95. The molecule has 0 radical (unpaired) electrons. The van der Waals surface area contributed by atoms with Gasteiger partial charge in [-0.25, -0.2) is 4.98 Å². The predicted octanol–water partition coefficient (Wildman–Crippen LogP) is 3.94. The van der Waals surface area contributed by atoms with Crippen molar-refractivity contribution >= 4 is 44.5 Å². The van der Waals surface area contributed by atoms with Crippen molar-refractivity contribution in [3.8, 4) is 0 Å². The zero-order chi connectivity index (χ0) is 18.6. The molecule has 4 rings (SSSR count). The summed E-state index contributed by atoms with van der Waals surface area (Å²) in [5, 5.41) is 0.821. The van der Waals surface area contributed by atoms with Gasteiger partial charge in [0.05, 0.1) is 11.0 Å². The van der Waals surface area contributed by atoms with Crippen LogP contribution in [0.25, 0.3) is 11.0 Å². The van der Waals surface area contributed by atoms with Crippen LogP contribution in [0.4, 0.5) is 5.95 Å². The lowest BCUT2D eigenvalue weighted by atomic mass is 10.1. The zero-order valence-electron chi connectivity index (χ0n) is 16.0. The molecule has 27 heavy (non-hydrogen) atoms. The van der Waals surface area contributed by atoms with Crippen LogP contribution in [0.5, 0.6) is 0 Å². The third-order valence-corrected chi connectivity index (χ3v) is 8.58. The molecule has 7 heteroatoms. The Morgan fingerprint density at radius 1 is 1.19 bits per heavy atom. The van der Waals surface area contributed by atoms with E-state index in [1.54, 1.807) is 0 Å². The highest BCUT2D eigenvalue weighted by atomic mass is 33.1. The first-order valence-corrected chi connectivity index (χ1v) is 12.3. The average molecular weight is 405 g/mol. The number of aryl methyl sites for hydroxylation is 1. The zero-order valence-corrected chi connectivity index (χ0v) is 17.6. The van der Waals surface area contributed by atoms with E-state index in [4.69, 9.17) is 4.98 Å². The minimum absolute atomic E-state index is 0.327. The van der Waals surface area contributed by atoms with Crippen LogP contribution in [-0.4, -0.2) is 57.5 Å². The Morgan fingerprint density at radius 3 is 2.74 bits per heavy atom. The quantitative estimate of drug-likeness (QED) is 0.539. The maximum atomic E-state index is 12.5.